The predicted molar refractivity (Wildman–Crippen MR) is 113 cm³/mol. The van der Waals surface area contributed by atoms with Gasteiger partial charge in [0.2, 0.25) is 4.77 Å². The lowest BCUT2D eigenvalue weighted by atomic mass is 10.2. The van der Waals surface area contributed by atoms with E-state index in [9.17, 15) is 0 Å². The van der Waals surface area contributed by atoms with Gasteiger partial charge in [-0.1, -0.05) is 30.7 Å². The molecule has 1 N–H and O–H groups in total. The van der Waals surface area contributed by atoms with E-state index in [1.165, 1.54) is 0 Å². The molecule has 0 saturated heterocycles. The predicted octanol–water partition coefficient (Wildman–Crippen LogP) is 5.02. The second-order valence-corrected chi connectivity index (χ2v) is 6.74. The highest BCUT2D eigenvalue weighted by atomic mass is 35.5. The molecular weight excluding hydrogens is 396 g/mol. The number of hydrogen-bond donors (Lipinski definition) is 1. The van der Waals surface area contributed by atoms with Crippen LogP contribution in [-0.2, 0) is 13.0 Å². The van der Waals surface area contributed by atoms with Crippen LogP contribution < -0.4 is 9.47 Å². The largest absolute Gasteiger partial charge is 0.490 e. The molecule has 0 spiro atoms. The van der Waals surface area contributed by atoms with Gasteiger partial charge in [0, 0.05) is 11.4 Å². The van der Waals surface area contributed by atoms with E-state index in [2.05, 4.69) is 15.3 Å². The van der Waals surface area contributed by atoms with Crippen LogP contribution in [0.15, 0.2) is 47.6 Å². The Morgan fingerprint density at radius 2 is 2.04 bits per heavy atom. The molecule has 1 aromatic heterocycles. The van der Waals surface area contributed by atoms with Crippen LogP contribution in [0, 0.1) is 4.77 Å². The maximum Gasteiger partial charge on any atom is 0.216 e. The molecule has 3 rings (SSSR count). The number of aromatic amines is 1. The van der Waals surface area contributed by atoms with E-state index >= 15 is 0 Å². The number of ether oxygens (including phenoxy) is 2. The van der Waals surface area contributed by atoms with E-state index in [-0.39, 0.29) is 0 Å². The summed E-state index contributed by atoms with van der Waals surface area (Å²) in [6.45, 7) is 4.86. The van der Waals surface area contributed by atoms with Crippen molar-refractivity contribution in [1.29, 1.82) is 0 Å². The lowest BCUT2D eigenvalue weighted by Gasteiger charge is -2.13. The van der Waals surface area contributed by atoms with E-state index in [0.717, 1.165) is 23.4 Å². The third-order valence-electron chi connectivity index (χ3n) is 3.91. The van der Waals surface area contributed by atoms with Crippen molar-refractivity contribution in [2.45, 2.75) is 26.9 Å². The van der Waals surface area contributed by atoms with E-state index in [1.807, 2.05) is 56.3 Å². The second kappa shape index (κ2) is 9.52. The van der Waals surface area contributed by atoms with Gasteiger partial charge in [0.05, 0.1) is 12.8 Å². The van der Waals surface area contributed by atoms with Crippen molar-refractivity contribution < 1.29 is 9.47 Å². The van der Waals surface area contributed by atoms with Crippen molar-refractivity contribution >= 4 is 30.0 Å². The number of H-pyrrole nitrogens is 1. The fourth-order valence-corrected chi connectivity index (χ4v) is 2.99. The zero-order valence-corrected chi connectivity index (χ0v) is 17.3. The first-order chi connectivity index (χ1) is 13.6. The molecule has 3 aromatic rings. The number of aromatic nitrogens is 3. The molecule has 0 aliphatic heterocycles. The molecule has 0 bridgehead atoms. The fraction of sp³-hybridized carbons (Fsp3) is 0.250. The van der Waals surface area contributed by atoms with Gasteiger partial charge in [0.1, 0.15) is 6.61 Å². The van der Waals surface area contributed by atoms with Crippen molar-refractivity contribution in [2.24, 2.45) is 5.10 Å². The molecule has 1 heterocycles. The number of aryl methyl sites for hydroxylation is 1. The first-order valence-electron chi connectivity index (χ1n) is 8.95. The van der Waals surface area contributed by atoms with E-state index in [4.69, 9.17) is 33.3 Å². The minimum absolute atomic E-state index is 0.401. The molecule has 6 nitrogen and oxygen atoms in total. The van der Waals surface area contributed by atoms with Crippen LogP contribution in [0.5, 0.6) is 11.5 Å². The highest BCUT2D eigenvalue weighted by Crippen LogP contribution is 2.29. The summed E-state index contributed by atoms with van der Waals surface area (Å²) in [4.78, 5) is 0. The minimum Gasteiger partial charge on any atom is -0.490 e. The van der Waals surface area contributed by atoms with Gasteiger partial charge in [-0.2, -0.15) is 14.9 Å². The number of rotatable bonds is 8. The monoisotopic (exact) mass is 416 g/mol. The van der Waals surface area contributed by atoms with Crippen molar-refractivity contribution in [3.63, 3.8) is 0 Å². The summed E-state index contributed by atoms with van der Waals surface area (Å²) < 4.78 is 13.7. The van der Waals surface area contributed by atoms with Gasteiger partial charge < -0.3 is 9.47 Å². The van der Waals surface area contributed by atoms with Crippen molar-refractivity contribution in [3.8, 4) is 11.5 Å². The maximum atomic E-state index is 6.03. The average molecular weight is 417 g/mol. The molecule has 8 heteroatoms. The number of benzene rings is 2. The standard InChI is InChI=1S/C20H21ClN4O2S/c1-3-19-23-24-20(28)25(19)22-12-14-8-9-17(18(11-14)26-4-2)27-13-15-6-5-7-16(21)10-15/h5-12H,3-4,13H2,1-2H3,(H,24,28)/b22-12-. The molecule has 0 amide bonds. The van der Waals surface area contributed by atoms with Crippen molar-refractivity contribution in [2.75, 3.05) is 6.61 Å². The van der Waals surface area contributed by atoms with Crippen LogP contribution in [0.3, 0.4) is 0 Å². The van der Waals surface area contributed by atoms with Gasteiger partial charge in [0.15, 0.2) is 17.3 Å². The summed E-state index contributed by atoms with van der Waals surface area (Å²) in [6, 6.07) is 13.2. The van der Waals surface area contributed by atoms with Crippen LogP contribution >= 0.6 is 23.8 Å². The van der Waals surface area contributed by atoms with Gasteiger partial charge in [-0.05, 0) is 60.6 Å². The number of nitrogens with one attached hydrogen (secondary N) is 1. The maximum absolute atomic E-state index is 6.03. The molecule has 2 aromatic carbocycles. The quantitative estimate of drug-likeness (QED) is 0.413. The molecule has 0 unspecified atom stereocenters. The summed E-state index contributed by atoms with van der Waals surface area (Å²) in [7, 11) is 0. The van der Waals surface area contributed by atoms with Crippen LogP contribution in [0.4, 0.5) is 0 Å². The molecule has 28 heavy (non-hydrogen) atoms. The molecular formula is C20H21ClN4O2S. The highest BCUT2D eigenvalue weighted by molar-refractivity contribution is 7.71. The Bertz CT molecular complexity index is 1030. The average Bonchev–Trinajstić information content (AvgIpc) is 3.05. The molecule has 0 aliphatic rings. The van der Waals surface area contributed by atoms with Crippen molar-refractivity contribution in [1.82, 2.24) is 14.9 Å². The van der Waals surface area contributed by atoms with Crippen LogP contribution in [0.25, 0.3) is 0 Å². The first kappa shape index (κ1) is 20.1. The van der Waals surface area contributed by atoms with Gasteiger partial charge in [-0.3, -0.25) is 5.10 Å². The van der Waals surface area contributed by atoms with Crippen molar-refractivity contribution in [3.05, 3.63) is 69.2 Å². The Labute approximate surface area is 173 Å². The van der Waals surface area contributed by atoms with E-state index in [0.29, 0.717) is 34.5 Å². The van der Waals surface area contributed by atoms with Crippen LogP contribution in [0.2, 0.25) is 5.02 Å². The number of nitrogens with zero attached hydrogens (tertiary/aromatic N) is 3. The van der Waals surface area contributed by atoms with E-state index in [1.54, 1.807) is 10.9 Å². The minimum atomic E-state index is 0.401. The zero-order valence-electron chi connectivity index (χ0n) is 15.7. The molecule has 0 aliphatic carbocycles. The zero-order chi connectivity index (χ0) is 19.9. The SMILES string of the molecule is CCOc1cc(/C=N\n2c(CC)n[nH]c2=S)ccc1OCc1cccc(Cl)c1. The molecule has 0 fully saturated rings. The topological polar surface area (TPSA) is 64.4 Å². The summed E-state index contributed by atoms with van der Waals surface area (Å²) in [5.74, 6) is 2.08. The highest BCUT2D eigenvalue weighted by Gasteiger charge is 2.07. The van der Waals surface area contributed by atoms with Gasteiger partial charge >= 0.3 is 0 Å². The Morgan fingerprint density at radius 1 is 1.18 bits per heavy atom. The van der Waals surface area contributed by atoms with Crippen LogP contribution in [0.1, 0.15) is 30.8 Å². The second-order valence-electron chi connectivity index (χ2n) is 5.91. The Balaban J connectivity index is 1.79. The Hall–Kier alpha value is -2.64. The summed E-state index contributed by atoms with van der Waals surface area (Å²) >= 11 is 11.2. The number of halogens is 1. The first-order valence-corrected chi connectivity index (χ1v) is 9.74. The molecule has 0 saturated carbocycles. The van der Waals surface area contributed by atoms with Gasteiger partial charge in [0.25, 0.3) is 0 Å². The third-order valence-corrected chi connectivity index (χ3v) is 4.41. The van der Waals surface area contributed by atoms with Crippen LogP contribution in [-0.4, -0.2) is 27.7 Å². The molecule has 0 atom stereocenters. The Kier molecular flexibility index (Phi) is 6.84. The summed E-state index contributed by atoms with van der Waals surface area (Å²) in [6.07, 6.45) is 2.44. The summed E-state index contributed by atoms with van der Waals surface area (Å²) in [5.41, 5.74) is 1.85. The van der Waals surface area contributed by atoms with Gasteiger partial charge in [-0.15, -0.1) is 0 Å². The third kappa shape index (κ3) is 4.99. The normalized spacial score (nSPS) is 11.1. The van der Waals surface area contributed by atoms with E-state index < -0.39 is 0 Å². The lowest BCUT2D eigenvalue weighted by Crippen LogP contribution is -2.01. The molecule has 146 valence electrons. The van der Waals surface area contributed by atoms with Gasteiger partial charge in [-0.25, -0.2) is 0 Å². The fourth-order valence-electron chi connectivity index (χ4n) is 2.58. The number of hydrogen-bond acceptors (Lipinski definition) is 5. The Morgan fingerprint density at radius 3 is 2.79 bits per heavy atom. The molecule has 0 radical (unpaired) electrons. The summed E-state index contributed by atoms with van der Waals surface area (Å²) in [5, 5.41) is 12.0. The smallest absolute Gasteiger partial charge is 0.216 e. The lowest BCUT2D eigenvalue weighted by molar-refractivity contribution is 0.269.